The lowest BCUT2D eigenvalue weighted by Crippen LogP contribution is -2.40. The minimum atomic E-state index is -4.21. The first-order valence-electron chi connectivity index (χ1n) is 10.7. The topological polar surface area (TPSA) is 146 Å². The number of hydrogen-bond donors (Lipinski definition) is 3. The van der Waals surface area contributed by atoms with E-state index in [1.165, 1.54) is 0 Å². The van der Waals surface area contributed by atoms with E-state index in [-0.39, 0.29) is 30.3 Å². The van der Waals surface area contributed by atoms with E-state index in [0.29, 0.717) is 30.6 Å². The highest BCUT2D eigenvalue weighted by atomic mass is 35.5. The van der Waals surface area contributed by atoms with E-state index in [1.807, 2.05) is 44.2 Å². The average molecular weight is 498 g/mol. The van der Waals surface area contributed by atoms with Gasteiger partial charge in [-0.2, -0.15) is 9.97 Å². The maximum atomic E-state index is 11.6. The highest BCUT2D eigenvalue weighted by Gasteiger charge is 2.35. The van der Waals surface area contributed by atoms with Crippen molar-refractivity contribution >= 4 is 36.3 Å². The van der Waals surface area contributed by atoms with Crippen LogP contribution >= 0.6 is 19.2 Å². The summed E-state index contributed by atoms with van der Waals surface area (Å²) in [5, 5.41) is 0.140. The van der Waals surface area contributed by atoms with E-state index < -0.39 is 19.4 Å². The monoisotopic (exact) mass is 497 g/mol. The number of ether oxygens (including phenoxy) is 2. The summed E-state index contributed by atoms with van der Waals surface area (Å²) in [5.41, 5.74) is 6.71. The van der Waals surface area contributed by atoms with Crippen LogP contribution in [0.25, 0.3) is 11.2 Å². The number of hydrogen-bond acceptors (Lipinski definition) is 7. The smallest absolute Gasteiger partial charge is 0.325 e. The first-order valence-corrected chi connectivity index (χ1v) is 12.9. The second kappa shape index (κ2) is 10.9. The number of halogens is 1. The lowest BCUT2D eigenvalue weighted by molar-refractivity contribution is -0.169. The maximum absolute atomic E-state index is 11.6. The molecule has 0 radical (unpaired) electrons. The van der Waals surface area contributed by atoms with Crippen LogP contribution in [-0.4, -0.2) is 48.2 Å². The van der Waals surface area contributed by atoms with Crippen LogP contribution in [0.15, 0.2) is 36.7 Å². The predicted molar refractivity (Wildman–Crippen MR) is 126 cm³/mol. The third-order valence-electron chi connectivity index (χ3n) is 5.46. The fourth-order valence-electron chi connectivity index (χ4n) is 3.67. The van der Waals surface area contributed by atoms with E-state index in [1.54, 1.807) is 10.9 Å². The summed E-state index contributed by atoms with van der Waals surface area (Å²) >= 11 is 6.19. The van der Waals surface area contributed by atoms with Crippen LogP contribution in [-0.2, 0) is 26.4 Å². The molecule has 12 heteroatoms. The summed E-state index contributed by atoms with van der Waals surface area (Å²) in [6.07, 6.45) is 1.84. The summed E-state index contributed by atoms with van der Waals surface area (Å²) in [6.45, 7) is 4.41. The van der Waals surface area contributed by atoms with E-state index in [4.69, 9.17) is 26.8 Å². The average Bonchev–Trinajstić information content (AvgIpc) is 3.20. The Kier molecular flexibility index (Phi) is 8.44. The van der Waals surface area contributed by atoms with Gasteiger partial charge in [0.2, 0.25) is 5.95 Å². The molecule has 4 N–H and O–H groups in total. The minimum absolute atomic E-state index is 0.0135. The van der Waals surface area contributed by atoms with Gasteiger partial charge in [-0.05, 0) is 24.8 Å². The second-order valence-electron chi connectivity index (χ2n) is 7.73. The number of aromatic nitrogens is 4. The van der Waals surface area contributed by atoms with Gasteiger partial charge in [-0.15, -0.1) is 0 Å². The fourth-order valence-corrected chi connectivity index (χ4v) is 4.52. The van der Waals surface area contributed by atoms with Gasteiger partial charge >= 0.3 is 7.60 Å². The van der Waals surface area contributed by atoms with Crippen LogP contribution in [0, 0.1) is 0 Å². The highest BCUT2D eigenvalue weighted by Crippen LogP contribution is 2.38. The molecular weight excluding hydrogens is 469 g/mol. The number of nitrogens with two attached hydrogens (primary N) is 1. The molecule has 0 aliphatic heterocycles. The molecule has 0 bridgehead atoms. The summed E-state index contributed by atoms with van der Waals surface area (Å²) in [4.78, 5) is 31.4. The lowest BCUT2D eigenvalue weighted by atomic mass is 10.1. The minimum Gasteiger partial charge on any atom is -0.374 e. The molecule has 1 atom stereocenters. The van der Waals surface area contributed by atoms with Crippen molar-refractivity contribution in [3.05, 3.63) is 47.4 Å². The van der Waals surface area contributed by atoms with Crippen molar-refractivity contribution in [1.82, 2.24) is 19.5 Å². The molecule has 3 aromatic rings. The number of nitrogen functional groups attached to an aromatic ring is 1. The van der Waals surface area contributed by atoms with Crippen molar-refractivity contribution in [2.24, 2.45) is 0 Å². The second-order valence-corrected chi connectivity index (χ2v) is 9.86. The zero-order chi connectivity index (χ0) is 24.1. The molecule has 180 valence electrons. The zero-order valence-corrected chi connectivity index (χ0v) is 20.2. The van der Waals surface area contributed by atoms with Crippen LogP contribution in [0.2, 0.25) is 5.15 Å². The van der Waals surface area contributed by atoms with Gasteiger partial charge in [0.1, 0.15) is 11.2 Å². The van der Waals surface area contributed by atoms with Crippen LogP contribution in [0.1, 0.15) is 38.7 Å². The zero-order valence-electron chi connectivity index (χ0n) is 18.6. The Morgan fingerprint density at radius 1 is 1.21 bits per heavy atom. The number of imidazole rings is 1. The summed E-state index contributed by atoms with van der Waals surface area (Å²) in [7, 11) is -4.21. The Morgan fingerprint density at radius 2 is 1.91 bits per heavy atom. The lowest BCUT2D eigenvalue weighted by Gasteiger charge is -2.37. The Morgan fingerprint density at radius 3 is 2.55 bits per heavy atom. The van der Waals surface area contributed by atoms with Crippen molar-refractivity contribution < 1.29 is 23.8 Å². The summed E-state index contributed by atoms with van der Waals surface area (Å²) in [6, 6.07) is 9.65. The van der Waals surface area contributed by atoms with Crippen molar-refractivity contribution in [2.45, 2.75) is 51.5 Å². The van der Waals surface area contributed by atoms with Crippen LogP contribution in [0.3, 0.4) is 0 Å². The highest BCUT2D eigenvalue weighted by molar-refractivity contribution is 7.51. The van der Waals surface area contributed by atoms with Gasteiger partial charge in [0, 0.05) is 0 Å². The van der Waals surface area contributed by atoms with Gasteiger partial charge in [0.25, 0.3) is 0 Å². The molecule has 0 spiro atoms. The molecule has 1 aromatic carbocycles. The molecule has 0 aliphatic rings. The van der Waals surface area contributed by atoms with Crippen molar-refractivity contribution in [1.29, 1.82) is 0 Å². The van der Waals surface area contributed by atoms with E-state index >= 15 is 0 Å². The summed E-state index contributed by atoms with van der Waals surface area (Å²) < 4.78 is 25.7. The number of nitrogens with zero attached hydrogens (tertiary/aromatic N) is 4. The molecule has 2 heterocycles. The molecule has 0 amide bonds. The largest absolute Gasteiger partial charge is 0.374 e. The molecule has 3 rings (SSSR count). The quantitative estimate of drug-likeness (QED) is 0.252. The Labute approximate surface area is 197 Å². The third kappa shape index (κ3) is 6.50. The molecule has 0 aliphatic carbocycles. The molecule has 0 saturated carbocycles. The summed E-state index contributed by atoms with van der Waals surface area (Å²) in [5.74, 6) is 0.0135. The molecule has 0 fully saturated rings. The van der Waals surface area contributed by atoms with Gasteiger partial charge < -0.3 is 25.0 Å². The molecular formula is C21H29ClN5O5P. The number of benzene rings is 1. The number of anilines is 1. The number of fused-ring (bicyclic) bond motifs is 1. The Bertz CT molecular complexity index is 1100. The van der Waals surface area contributed by atoms with Gasteiger partial charge in [-0.3, -0.25) is 9.13 Å². The van der Waals surface area contributed by atoms with E-state index in [0.717, 1.165) is 5.56 Å². The molecule has 1 unspecified atom stereocenters. The van der Waals surface area contributed by atoms with E-state index in [9.17, 15) is 14.4 Å². The third-order valence-corrected chi connectivity index (χ3v) is 6.56. The normalized spacial score (nSPS) is 13.5. The van der Waals surface area contributed by atoms with Crippen LogP contribution in [0.4, 0.5) is 5.95 Å². The van der Waals surface area contributed by atoms with Crippen molar-refractivity contribution in [3.63, 3.8) is 0 Å². The Hall–Kier alpha value is -2.07. The first kappa shape index (κ1) is 25.6. The van der Waals surface area contributed by atoms with Gasteiger partial charge in [-0.25, -0.2) is 4.98 Å². The Balaban J connectivity index is 1.87. The number of rotatable bonds is 12. The van der Waals surface area contributed by atoms with Gasteiger partial charge in [0.15, 0.2) is 10.8 Å². The van der Waals surface area contributed by atoms with Crippen LogP contribution in [0.5, 0.6) is 0 Å². The SMILES string of the molecule is CCC(CC)(OC(CCP(=O)(O)O)COCc1ccccc1)n1cnc2c(Cl)nc(N)nc21. The van der Waals surface area contributed by atoms with Gasteiger partial charge in [-0.1, -0.05) is 55.8 Å². The molecule has 2 aromatic heterocycles. The van der Waals surface area contributed by atoms with Crippen molar-refractivity contribution in [2.75, 3.05) is 18.5 Å². The standard InChI is InChI=1S/C21H29ClN5O5P/c1-3-21(4-2,27-14-24-17-18(22)25-20(23)26-19(17)27)32-16(10-11-33(28,29)30)13-31-12-15-8-6-5-7-9-15/h5-9,14,16H,3-4,10-13H2,1-2H3,(H2,23,25,26)(H2,28,29,30). The first-order chi connectivity index (χ1) is 15.7. The van der Waals surface area contributed by atoms with E-state index in [2.05, 4.69) is 15.0 Å². The van der Waals surface area contributed by atoms with Crippen molar-refractivity contribution in [3.8, 4) is 0 Å². The molecule has 0 saturated heterocycles. The maximum Gasteiger partial charge on any atom is 0.325 e. The van der Waals surface area contributed by atoms with Crippen LogP contribution < -0.4 is 5.73 Å². The fraction of sp³-hybridized carbons (Fsp3) is 0.476. The molecule has 10 nitrogen and oxygen atoms in total. The van der Waals surface area contributed by atoms with Gasteiger partial charge in [0.05, 0.1) is 31.8 Å². The molecule has 33 heavy (non-hydrogen) atoms. The predicted octanol–water partition coefficient (Wildman–Crippen LogP) is 3.70.